The molecule has 0 aliphatic rings. The first kappa shape index (κ1) is 43.3. The molecule has 0 amide bonds. The minimum atomic E-state index is -0.798. The maximum absolute atomic E-state index is 12.1. The number of carbonyl (C=O) groups is 2. The molecule has 5 nitrogen and oxygen atoms in total. The molecule has 0 aliphatic carbocycles. The van der Waals surface area contributed by atoms with Crippen molar-refractivity contribution in [2.75, 3.05) is 13.2 Å². The summed E-state index contributed by atoms with van der Waals surface area (Å²) >= 11 is 0. The van der Waals surface area contributed by atoms with Crippen molar-refractivity contribution in [3.63, 3.8) is 0 Å². The van der Waals surface area contributed by atoms with Crippen LogP contribution in [0.2, 0.25) is 0 Å². The first-order valence-corrected chi connectivity index (χ1v) is 18.5. The summed E-state index contributed by atoms with van der Waals surface area (Å²) in [5.41, 5.74) is 0. The van der Waals surface area contributed by atoms with E-state index in [-0.39, 0.29) is 25.2 Å². The van der Waals surface area contributed by atoms with Crippen molar-refractivity contribution in [2.45, 2.75) is 161 Å². The summed E-state index contributed by atoms with van der Waals surface area (Å²) in [4.78, 5) is 24.2. The van der Waals surface area contributed by atoms with Crippen LogP contribution in [0.1, 0.15) is 155 Å². The van der Waals surface area contributed by atoms with Crippen LogP contribution in [-0.4, -0.2) is 36.4 Å². The quantitative estimate of drug-likeness (QED) is 0.0450. The van der Waals surface area contributed by atoms with E-state index in [2.05, 4.69) is 86.8 Å². The number of hydrogen-bond donors (Lipinski definition) is 1. The van der Waals surface area contributed by atoms with Gasteiger partial charge in [-0.25, -0.2) is 0 Å². The highest BCUT2D eigenvalue weighted by Gasteiger charge is 2.16. The first-order chi connectivity index (χ1) is 22.6. The molecule has 0 aromatic carbocycles. The van der Waals surface area contributed by atoms with Gasteiger partial charge in [-0.3, -0.25) is 9.59 Å². The summed E-state index contributed by atoms with van der Waals surface area (Å²) in [6.45, 7) is 3.93. The molecule has 0 heterocycles. The van der Waals surface area contributed by atoms with E-state index < -0.39 is 6.10 Å². The predicted molar refractivity (Wildman–Crippen MR) is 196 cm³/mol. The molecule has 1 atom stereocenters. The van der Waals surface area contributed by atoms with Crippen LogP contribution in [0, 0.1) is 0 Å². The van der Waals surface area contributed by atoms with E-state index in [0.717, 1.165) is 77.0 Å². The Morgan fingerprint density at radius 1 is 0.522 bits per heavy atom. The maximum Gasteiger partial charge on any atom is 0.306 e. The van der Waals surface area contributed by atoms with Gasteiger partial charge < -0.3 is 14.6 Å². The number of ether oxygens (including phenoxy) is 2. The van der Waals surface area contributed by atoms with Crippen molar-refractivity contribution in [3.8, 4) is 0 Å². The van der Waals surface area contributed by atoms with Crippen LogP contribution in [0.5, 0.6) is 0 Å². The average molecular weight is 641 g/mol. The lowest BCUT2D eigenvalue weighted by atomic mass is 10.1. The molecule has 0 radical (unpaired) electrons. The minimum Gasteiger partial charge on any atom is -0.462 e. The van der Waals surface area contributed by atoms with E-state index in [9.17, 15) is 14.7 Å². The van der Waals surface area contributed by atoms with E-state index in [4.69, 9.17) is 9.47 Å². The van der Waals surface area contributed by atoms with Gasteiger partial charge in [0, 0.05) is 12.8 Å². The van der Waals surface area contributed by atoms with Crippen LogP contribution in [0.25, 0.3) is 0 Å². The lowest BCUT2D eigenvalue weighted by molar-refractivity contribution is -0.161. The van der Waals surface area contributed by atoms with Crippen LogP contribution in [0.4, 0.5) is 0 Å². The van der Waals surface area contributed by atoms with Gasteiger partial charge in [0.05, 0.1) is 6.61 Å². The number of allylic oxidation sites excluding steroid dienone is 12. The van der Waals surface area contributed by atoms with Gasteiger partial charge in [0.15, 0.2) is 6.10 Å². The van der Waals surface area contributed by atoms with Crippen molar-refractivity contribution in [3.05, 3.63) is 72.9 Å². The molecule has 0 saturated heterocycles. The van der Waals surface area contributed by atoms with Crippen molar-refractivity contribution in [1.82, 2.24) is 0 Å². The van der Waals surface area contributed by atoms with Crippen LogP contribution in [-0.2, 0) is 19.1 Å². The number of aliphatic hydroxyl groups is 1. The average Bonchev–Trinajstić information content (AvgIpc) is 3.06. The number of hydrogen-bond acceptors (Lipinski definition) is 5. The van der Waals surface area contributed by atoms with Gasteiger partial charge in [0.2, 0.25) is 0 Å². The first-order valence-electron chi connectivity index (χ1n) is 18.5. The molecule has 262 valence electrons. The lowest BCUT2D eigenvalue weighted by Gasteiger charge is -2.15. The molecule has 5 heteroatoms. The van der Waals surface area contributed by atoms with Gasteiger partial charge in [0.25, 0.3) is 0 Å². The second kappa shape index (κ2) is 36.8. The summed E-state index contributed by atoms with van der Waals surface area (Å²) in [5.74, 6) is -0.656. The molecule has 0 aromatic rings. The van der Waals surface area contributed by atoms with Gasteiger partial charge in [-0.05, 0) is 83.5 Å². The molecular formula is C41H68O5. The zero-order valence-electron chi connectivity index (χ0n) is 29.6. The monoisotopic (exact) mass is 641 g/mol. The number of aliphatic hydroxyl groups excluding tert-OH is 1. The summed E-state index contributed by atoms with van der Waals surface area (Å²) in [5, 5.41) is 9.53. The van der Waals surface area contributed by atoms with Crippen LogP contribution in [0.15, 0.2) is 72.9 Å². The van der Waals surface area contributed by atoms with E-state index >= 15 is 0 Å². The Bertz CT molecular complexity index is 864. The third kappa shape index (κ3) is 34.2. The zero-order valence-corrected chi connectivity index (χ0v) is 29.6. The molecule has 0 saturated carbocycles. The van der Waals surface area contributed by atoms with Crippen LogP contribution in [0.3, 0.4) is 0 Å². The highest BCUT2D eigenvalue weighted by molar-refractivity contribution is 5.70. The Morgan fingerprint density at radius 3 is 1.46 bits per heavy atom. The van der Waals surface area contributed by atoms with E-state index in [1.807, 2.05) is 0 Å². The minimum absolute atomic E-state index is 0.0906. The number of unbranched alkanes of at least 4 members (excludes halogenated alkanes) is 12. The van der Waals surface area contributed by atoms with Crippen LogP contribution >= 0.6 is 0 Å². The Kier molecular flexibility index (Phi) is 34.7. The Morgan fingerprint density at radius 2 is 0.935 bits per heavy atom. The van der Waals surface area contributed by atoms with Gasteiger partial charge in [-0.2, -0.15) is 0 Å². The van der Waals surface area contributed by atoms with Gasteiger partial charge >= 0.3 is 11.9 Å². The fourth-order valence-electron chi connectivity index (χ4n) is 4.69. The number of carbonyl (C=O) groups excluding carboxylic acids is 2. The number of esters is 2. The van der Waals surface area contributed by atoms with Crippen molar-refractivity contribution in [2.24, 2.45) is 0 Å². The SMILES string of the molecule is CC/C=C\C/C=C\C/C=C\C/C=C\CCCCC(=O)OC(CO)COC(=O)CCCCCCCCC/C=C\C/C=C\CCCCC. The second-order valence-corrected chi connectivity index (χ2v) is 11.9. The number of rotatable bonds is 32. The fourth-order valence-corrected chi connectivity index (χ4v) is 4.69. The van der Waals surface area contributed by atoms with Crippen molar-refractivity contribution < 1.29 is 24.2 Å². The molecule has 0 aliphatic heterocycles. The molecule has 1 unspecified atom stereocenters. The van der Waals surface area contributed by atoms with E-state index in [1.54, 1.807) is 0 Å². The van der Waals surface area contributed by atoms with E-state index in [1.165, 1.54) is 51.4 Å². The largest absolute Gasteiger partial charge is 0.462 e. The molecule has 0 fully saturated rings. The molecule has 0 rings (SSSR count). The van der Waals surface area contributed by atoms with Crippen molar-refractivity contribution in [1.29, 1.82) is 0 Å². The zero-order chi connectivity index (χ0) is 33.6. The smallest absolute Gasteiger partial charge is 0.306 e. The third-order valence-electron chi connectivity index (χ3n) is 7.48. The van der Waals surface area contributed by atoms with Crippen LogP contribution < -0.4 is 0 Å². The second-order valence-electron chi connectivity index (χ2n) is 11.9. The fraction of sp³-hybridized carbons (Fsp3) is 0.659. The van der Waals surface area contributed by atoms with E-state index in [0.29, 0.717) is 12.8 Å². The van der Waals surface area contributed by atoms with Gasteiger partial charge in [-0.15, -0.1) is 0 Å². The Hall–Kier alpha value is -2.66. The van der Waals surface area contributed by atoms with Gasteiger partial charge in [-0.1, -0.05) is 132 Å². The molecule has 0 aromatic heterocycles. The Labute approximate surface area is 283 Å². The Balaban J connectivity index is 3.67. The lowest BCUT2D eigenvalue weighted by Crippen LogP contribution is -2.28. The van der Waals surface area contributed by atoms with Crippen molar-refractivity contribution >= 4 is 11.9 Å². The molecular weight excluding hydrogens is 572 g/mol. The highest BCUT2D eigenvalue weighted by Crippen LogP contribution is 2.11. The third-order valence-corrected chi connectivity index (χ3v) is 7.48. The summed E-state index contributed by atoms with van der Waals surface area (Å²) in [6.07, 6.45) is 48.1. The highest BCUT2D eigenvalue weighted by atomic mass is 16.6. The summed E-state index contributed by atoms with van der Waals surface area (Å²) in [6, 6.07) is 0. The summed E-state index contributed by atoms with van der Waals surface area (Å²) < 4.78 is 10.5. The standard InChI is InChI=1S/C41H68O5/c1-3-5-7-9-11-13-15-17-19-20-22-23-25-27-29-31-33-35-40(43)45-38-39(37-42)46-41(44)36-34-32-30-28-26-24-21-18-16-14-12-10-8-6-4-2/h6,8,11-14,17-19,21,26,28,39,42H,3-5,7,9-10,15-16,20,22-25,27,29-38H2,1-2H3/b8-6-,13-11-,14-12-,19-17-,21-18-,28-26-. The topological polar surface area (TPSA) is 72.8 Å². The van der Waals surface area contributed by atoms with Gasteiger partial charge in [0.1, 0.15) is 6.61 Å². The predicted octanol–water partition coefficient (Wildman–Crippen LogP) is 11.4. The molecule has 0 bridgehead atoms. The normalized spacial score (nSPS) is 13.0. The maximum atomic E-state index is 12.1. The molecule has 1 N–H and O–H groups in total. The molecule has 46 heavy (non-hydrogen) atoms. The summed E-state index contributed by atoms with van der Waals surface area (Å²) in [7, 11) is 0. The molecule has 0 spiro atoms.